The van der Waals surface area contributed by atoms with Gasteiger partial charge in [0, 0.05) is 11.5 Å². The van der Waals surface area contributed by atoms with Gasteiger partial charge in [0.1, 0.15) is 5.82 Å². The molecule has 2 aliphatic carbocycles. The van der Waals surface area contributed by atoms with Crippen molar-refractivity contribution in [1.82, 2.24) is 0 Å². The lowest BCUT2D eigenvalue weighted by Crippen LogP contribution is -2.60. The third kappa shape index (κ3) is 4.12. The molecule has 2 saturated heterocycles. The zero-order valence-corrected chi connectivity index (χ0v) is 26.0. The number of imide groups is 2. The largest absolute Gasteiger partial charge is 0.504 e. The Kier molecular flexibility index (Phi) is 7.00. The van der Waals surface area contributed by atoms with Crippen molar-refractivity contribution in [3.05, 3.63) is 95.3 Å². The van der Waals surface area contributed by atoms with Crippen LogP contribution in [0.3, 0.4) is 0 Å². The molecule has 3 aromatic carbocycles. The van der Waals surface area contributed by atoms with Crippen LogP contribution in [0, 0.1) is 23.6 Å². The molecular weight excluding hydrogens is 654 g/mol. The molecule has 3 fully saturated rings. The number of amides is 4. The molecule has 0 bridgehead atoms. The summed E-state index contributed by atoms with van der Waals surface area (Å²) in [6, 6.07) is 14.7. The highest BCUT2D eigenvalue weighted by molar-refractivity contribution is 6.58. The van der Waals surface area contributed by atoms with Gasteiger partial charge in [0.05, 0.1) is 35.9 Å². The van der Waals surface area contributed by atoms with Crippen molar-refractivity contribution in [2.45, 2.75) is 28.5 Å². The number of hydrogen-bond acceptors (Lipinski definition) is 7. The molecule has 0 radical (unpaired) electrons. The number of para-hydroxylation sites is 1. The van der Waals surface area contributed by atoms with E-state index in [-0.39, 0.29) is 46.8 Å². The molecule has 6 atom stereocenters. The summed E-state index contributed by atoms with van der Waals surface area (Å²) in [5.74, 6) is -9.22. The van der Waals surface area contributed by atoms with Crippen LogP contribution >= 0.6 is 23.2 Å². The number of rotatable bonds is 5. The number of allylic oxidation sites excluding steroid dienone is 2. The zero-order valence-electron chi connectivity index (χ0n) is 24.5. The standard InChI is InChI=1S/C34H25Cl2FN2O8/c1-47-24-7-3-6-22(27(24)40)26-20-12-13-21-25(29(42)38(28(21)41)19-5-2-4-16(14-19)30(43)44)23(20)15-33(35)31(45)39(32(46)34(26,33)36)18-10-8-17(37)9-11-18/h2-12,14,21,23,25-26,40H,13,15H2,1H3,(H,43,44). The van der Waals surface area contributed by atoms with Crippen LogP contribution in [-0.4, -0.2) is 56.7 Å². The summed E-state index contributed by atoms with van der Waals surface area (Å²) in [4.78, 5) is 65.7. The highest BCUT2D eigenvalue weighted by atomic mass is 35.5. The number of carboxylic acids is 1. The molecule has 2 heterocycles. The van der Waals surface area contributed by atoms with Gasteiger partial charge in [-0.15, -0.1) is 23.2 Å². The summed E-state index contributed by atoms with van der Waals surface area (Å²) >= 11 is 14.6. The Balaban J connectivity index is 1.40. The van der Waals surface area contributed by atoms with Crippen LogP contribution in [0.5, 0.6) is 11.5 Å². The number of methoxy groups -OCH3 is 1. The minimum absolute atomic E-state index is 0.0240. The third-order valence-corrected chi connectivity index (χ3v) is 11.2. The lowest BCUT2D eigenvalue weighted by atomic mass is 9.56. The van der Waals surface area contributed by atoms with E-state index in [2.05, 4.69) is 0 Å². The second kappa shape index (κ2) is 10.6. The number of alkyl halides is 2. The normalized spacial score (nSPS) is 29.7. The van der Waals surface area contributed by atoms with Gasteiger partial charge in [0.15, 0.2) is 21.2 Å². The summed E-state index contributed by atoms with van der Waals surface area (Å²) in [6.45, 7) is 0. The smallest absolute Gasteiger partial charge is 0.335 e. The Bertz CT molecular complexity index is 1950. The minimum Gasteiger partial charge on any atom is -0.504 e. The molecule has 0 spiro atoms. The first-order valence-electron chi connectivity index (χ1n) is 14.6. The molecule has 4 aliphatic rings. The van der Waals surface area contributed by atoms with Gasteiger partial charge >= 0.3 is 5.97 Å². The highest BCUT2D eigenvalue weighted by Crippen LogP contribution is 2.66. The second-order valence-electron chi connectivity index (χ2n) is 12.0. The summed E-state index contributed by atoms with van der Waals surface area (Å²) < 4.78 is 19.2. The molecule has 7 rings (SSSR count). The summed E-state index contributed by atoms with van der Waals surface area (Å²) in [6.07, 6.45) is 1.44. The van der Waals surface area contributed by atoms with E-state index in [4.69, 9.17) is 27.9 Å². The zero-order chi connectivity index (χ0) is 33.6. The van der Waals surface area contributed by atoms with Crippen molar-refractivity contribution < 1.29 is 43.3 Å². The molecule has 10 nitrogen and oxygen atoms in total. The molecule has 1 saturated carbocycles. The Hall–Kier alpha value is -4.74. The second-order valence-corrected chi connectivity index (χ2v) is 13.3. The van der Waals surface area contributed by atoms with E-state index in [0.29, 0.717) is 5.57 Å². The number of hydrogen-bond donors (Lipinski definition) is 2. The average molecular weight is 679 g/mol. The van der Waals surface area contributed by atoms with Crippen LogP contribution in [-0.2, 0) is 19.2 Å². The van der Waals surface area contributed by atoms with Crippen LogP contribution in [0.2, 0.25) is 0 Å². The highest BCUT2D eigenvalue weighted by Gasteiger charge is 2.77. The maximum Gasteiger partial charge on any atom is 0.335 e. The SMILES string of the molecule is COc1cccc(C2C3=CCC4C(=O)N(c5cccc(C(=O)O)c5)C(=O)C4C3CC3(Cl)C(=O)N(c4ccc(F)cc4)C(=O)C23Cl)c1O. The number of carboxylic acid groups (broad SMARTS) is 1. The van der Waals surface area contributed by atoms with E-state index < -0.39 is 68.8 Å². The maximum atomic E-state index is 14.4. The molecule has 47 heavy (non-hydrogen) atoms. The van der Waals surface area contributed by atoms with Gasteiger partial charge in [-0.2, -0.15) is 0 Å². The van der Waals surface area contributed by atoms with Crippen molar-refractivity contribution in [2.24, 2.45) is 17.8 Å². The minimum atomic E-state index is -2.24. The molecule has 6 unspecified atom stereocenters. The average Bonchev–Trinajstić information content (AvgIpc) is 3.39. The van der Waals surface area contributed by atoms with Crippen molar-refractivity contribution >= 4 is 64.2 Å². The van der Waals surface area contributed by atoms with E-state index in [1.807, 2.05) is 0 Å². The van der Waals surface area contributed by atoms with Crippen molar-refractivity contribution in [1.29, 1.82) is 0 Å². The van der Waals surface area contributed by atoms with Gasteiger partial charge < -0.3 is 14.9 Å². The number of phenols is 1. The van der Waals surface area contributed by atoms with Crippen LogP contribution in [0.25, 0.3) is 0 Å². The lowest BCUT2D eigenvalue weighted by Gasteiger charge is -2.50. The van der Waals surface area contributed by atoms with Gasteiger partial charge in [0.25, 0.3) is 11.8 Å². The van der Waals surface area contributed by atoms with E-state index in [1.165, 1.54) is 55.6 Å². The quantitative estimate of drug-likeness (QED) is 0.218. The number of aromatic carboxylic acids is 1. The predicted molar refractivity (Wildman–Crippen MR) is 167 cm³/mol. The Morgan fingerprint density at radius 3 is 2.30 bits per heavy atom. The fraction of sp³-hybridized carbons (Fsp3) is 0.265. The molecule has 4 amide bonds. The number of aromatic hydroxyl groups is 1. The van der Waals surface area contributed by atoms with E-state index in [0.717, 1.165) is 21.9 Å². The number of halogens is 3. The van der Waals surface area contributed by atoms with Gasteiger partial charge in [0.2, 0.25) is 11.8 Å². The molecule has 2 N–H and O–H groups in total. The number of anilines is 2. The van der Waals surface area contributed by atoms with Crippen LogP contribution in [0.15, 0.2) is 78.4 Å². The Labute approximate surface area is 276 Å². The van der Waals surface area contributed by atoms with E-state index in [9.17, 15) is 38.6 Å². The number of carbonyl (C=O) groups is 5. The van der Waals surface area contributed by atoms with Crippen LogP contribution in [0.4, 0.5) is 15.8 Å². The van der Waals surface area contributed by atoms with Crippen molar-refractivity contribution in [2.75, 3.05) is 16.9 Å². The van der Waals surface area contributed by atoms with Crippen molar-refractivity contribution in [3.8, 4) is 11.5 Å². The summed E-state index contributed by atoms with van der Waals surface area (Å²) in [5.41, 5.74) is 0.533. The Morgan fingerprint density at radius 2 is 1.62 bits per heavy atom. The molecule has 2 aliphatic heterocycles. The first-order chi connectivity index (χ1) is 22.3. The van der Waals surface area contributed by atoms with Gasteiger partial charge in [-0.3, -0.25) is 24.1 Å². The number of benzene rings is 3. The Morgan fingerprint density at radius 1 is 0.915 bits per heavy atom. The molecule has 3 aromatic rings. The van der Waals surface area contributed by atoms with Gasteiger partial charge in [-0.1, -0.05) is 29.8 Å². The number of phenolic OH excluding ortho intramolecular Hbond substituents is 1. The third-order valence-electron chi connectivity index (χ3n) is 9.81. The summed E-state index contributed by atoms with van der Waals surface area (Å²) in [5, 5.41) is 20.9. The topological polar surface area (TPSA) is 142 Å². The van der Waals surface area contributed by atoms with Crippen LogP contribution in [0.1, 0.15) is 34.7 Å². The fourth-order valence-corrected chi connectivity index (χ4v) is 8.64. The molecule has 13 heteroatoms. The van der Waals surface area contributed by atoms with Gasteiger partial charge in [-0.25, -0.2) is 14.1 Å². The van der Waals surface area contributed by atoms with Gasteiger partial charge in [-0.05, 0) is 67.3 Å². The maximum absolute atomic E-state index is 14.4. The predicted octanol–water partition coefficient (Wildman–Crippen LogP) is 5.01. The molecule has 240 valence electrons. The van der Waals surface area contributed by atoms with Crippen LogP contribution < -0.4 is 14.5 Å². The first-order valence-corrected chi connectivity index (χ1v) is 15.4. The van der Waals surface area contributed by atoms with E-state index in [1.54, 1.807) is 12.1 Å². The van der Waals surface area contributed by atoms with E-state index >= 15 is 0 Å². The summed E-state index contributed by atoms with van der Waals surface area (Å²) in [7, 11) is 1.34. The number of ether oxygens (including phenoxy) is 1. The first kappa shape index (κ1) is 30.9. The monoisotopic (exact) mass is 678 g/mol. The lowest BCUT2D eigenvalue weighted by molar-refractivity contribution is -0.125. The molecular formula is C34H25Cl2FN2O8. The number of fused-ring (bicyclic) bond motifs is 4. The number of nitrogens with zero attached hydrogens (tertiary/aromatic N) is 2. The fourth-order valence-electron chi connectivity index (χ4n) is 7.71. The van der Waals surface area contributed by atoms with Crippen molar-refractivity contribution in [3.63, 3.8) is 0 Å². The molecule has 0 aromatic heterocycles. The number of carbonyl (C=O) groups excluding carboxylic acids is 4.